The largest absolute Gasteiger partial charge is 0.473 e. The van der Waals surface area contributed by atoms with Crippen LogP contribution in [0.3, 0.4) is 0 Å². The molecule has 0 aliphatic carbocycles. The molecule has 7 heteroatoms. The van der Waals surface area contributed by atoms with Crippen molar-refractivity contribution in [3.8, 4) is 0 Å². The minimum absolute atomic E-state index is 0.828. The number of nitrogens with zero attached hydrogens (tertiary/aromatic N) is 2. The van der Waals surface area contributed by atoms with Crippen LogP contribution in [-0.2, 0) is 16.1 Å². The third-order valence-corrected chi connectivity index (χ3v) is 5.52. The van der Waals surface area contributed by atoms with Crippen molar-refractivity contribution >= 4 is 23.5 Å². The van der Waals surface area contributed by atoms with E-state index in [0.717, 1.165) is 23.5 Å². The van der Waals surface area contributed by atoms with E-state index >= 15 is 0 Å². The van der Waals surface area contributed by atoms with Gasteiger partial charge in [-0.25, -0.2) is 9.59 Å². The molecule has 2 aliphatic rings. The van der Waals surface area contributed by atoms with Crippen LogP contribution < -0.4 is 0 Å². The predicted octanol–water partition coefficient (Wildman–Crippen LogP) is 3.19. The molecule has 2 fully saturated rings. The summed E-state index contributed by atoms with van der Waals surface area (Å²) < 4.78 is 0. The Balaban J connectivity index is 0.000000380. The second-order valence-electron chi connectivity index (χ2n) is 7.49. The summed E-state index contributed by atoms with van der Waals surface area (Å²) in [6.45, 7) is 8.59. The smallest absolute Gasteiger partial charge is 0.414 e. The Hall–Kier alpha value is -1.63. The zero-order valence-corrected chi connectivity index (χ0v) is 16.6. The lowest BCUT2D eigenvalue weighted by molar-refractivity contribution is -0.159. The highest BCUT2D eigenvalue weighted by Crippen LogP contribution is 2.24. The average molecular weight is 397 g/mol. The van der Waals surface area contributed by atoms with Crippen LogP contribution in [0.1, 0.15) is 38.2 Å². The van der Waals surface area contributed by atoms with Crippen molar-refractivity contribution < 1.29 is 19.8 Å². The molecular weight excluding hydrogens is 368 g/mol. The van der Waals surface area contributed by atoms with E-state index in [-0.39, 0.29) is 0 Å². The maximum atomic E-state index is 9.10. The van der Waals surface area contributed by atoms with E-state index in [1.54, 1.807) is 0 Å². The molecule has 0 aromatic heterocycles. The van der Waals surface area contributed by atoms with Gasteiger partial charge in [0, 0.05) is 24.2 Å². The van der Waals surface area contributed by atoms with Crippen LogP contribution in [0.25, 0.3) is 0 Å². The standard InChI is InChI=1S/C18H27ClN2.C2H2O4/c1-15-3-2-10-21(13-15)18-8-11-20(12-9-18)14-16-4-6-17(19)7-5-16;3-1(4)2(5)6/h4-7,15,18H,2-3,8-14H2,1H3;(H,3,4)(H,5,6). The van der Waals surface area contributed by atoms with Crippen LogP contribution >= 0.6 is 11.6 Å². The van der Waals surface area contributed by atoms with E-state index in [0.29, 0.717) is 0 Å². The highest BCUT2D eigenvalue weighted by atomic mass is 35.5. The van der Waals surface area contributed by atoms with E-state index in [4.69, 9.17) is 31.4 Å². The lowest BCUT2D eigenvalue weighted by atomic mass is 9.95. The molecule has 1 aromatic carbocycles. The van der Waals surface area contributed by atoms with Gasteiger partial charge in [-0.1, -0.05) is 30.7 Å². The monoisotopic (exact) mass is 396 g/mol. The minimum atomic E-state index is -1.82. The molecule has 150 valence electrons. The first-order valence-corrected chi connectivity index (χ1v) is 9.90. The van der Waals surface area contributed by atoms with E-state index in [2.05, 4.69) is 28.9 Å². The molecule has 0 radical (unpaired) electrons. The van der Waals surface area contributed by atoms with Crippen molar-refractivity contribution in [2.24, 2.45) is 5.92 Å². The number of carbonyl (C=O) groups is 2. The molecule has 3 rings (SSSR count). The topological polar surface area (TPSA) is 81.1 Å². The number of carboxylic acid groups (broad SMARTS) is 2. The number of likely N-dealkylation sites (tertiary alicyclic amines) is 2. The zero-order valence-electron chi connectivity index (χ0n) is 15.8. The molecule has 2 aliphatic heterocycles. The second kappa shape index (κ2) is 10.6. The van der Waals surface area contributed by atoms with Crippen molar-refractivity contribution in [2.45, 2.75) is 45.2 Å². The Labute approximate surface area is 165 Å². The molecular formula is C20H29ClN2O4. The highest BCUT2D eigenvalue weighted by Gasteiger charge is 2.27. The Kier molecular flexibility index (Phi) is 8.54. The van der Waals surface area contributed by atoms with Gasteiger partial charge in [0.1, 0.15) is 0 Å². The minimum Gasteiger partial charge on any atom is -0.473 e. The van der Waals surface area contributed by atoms with Gasteiger partial charge < -0.3 is 15.1 Å². The maximum Gasteiger partial charge on any atom is 0.414 e. The van der Waals surface area contributed by atoms with E-state index < -0.39 is 11.9 Å². The SMILES string of the molecule is CC1CCCN(C2CCN(Cc3ccc(Cl)cc3)CC2)C1.O=C(O)C(=O)O. The summed E-state index contributed by atoms with van der Waals surface area (Å²) in [5, 5.41) is 15.6. The van der Waals surface area contributed by atoms with Crippen LogP contribution in [-0.4, -0.2) is 64.2 Å². The number of carboxylic acids is 2. The third-order valence-electron chi connectivity index (χ3n) is 5.26. The van der Waals surface area contributed by atoms with Gasteiger partial charge in [-0.3, -0.25) is 4.90 Å². The Bertz CT molecular complexity index is 603. The molecule has 0 bridgehead atoms. The van der Waals surface area contributed by atoms with Gasteiger partial charge in [0.25, 0.3) is 0 Å². The number of aliphatic carboxylic acids is 2. The number of hydrogen-bond acceptors (Lipinski definition) is 4. The summed E-state index contributed by atoms with van der Waals surface area (Å²) in [7, 11) is 0. The van der Waals surface area contributed by atoms with Crippen molar-refractivity contribution in [1.29, 1.82) is 0 Å². The molecule has 1 aromatic rings. The summed E-state index contributed by atoms with van der Waals surface area (Å²) in [6.07, 6.45) is 5.48. The van der Waals surface area contributed by atoms with Gasteiger partial charge in [-0.15, -0.1) is 0 Å². The third kappa shape index (κ3) is 7.48. The summed E-state index contributed by atoms with van der Waals surface area (Å²) in [6, 6.07) is 9.13. The average Bonchev–Trinajstić information content (AvgIpc) is 2.65. The lowest BCUT2D eigenvalue weighted by Crippen LogP contribution is -2.47. The zero-order chi connectivity index (χ0) is 19.8. The van der Waals surface area contributed by atoms with Crippen molar-refractivity contribution in [1.82, 2.24) is 9.80 Å². The number of piperidine rings is 2. The van der Waals surface area contributed by atoms with Gasteiger partial charge in [0.2, 0.25) is 0 Å². The van der Waals surface area contributed by atoms with E-state index in [1.807, 2.05) is 12.1 Å². The molecule has 6 nitrogen and oxygen atoms in total. The first kappa shape index (κ1) is 21.7. The number of halogens is 1. The second-order valence-corrected chi connectivity index (χ2v) is 7.92. The summed E-state index contributed by atoms with van der Waals surface area (Å²) in [5.74, 6) is -2.75. The number of hydrogen-bond donors (Lipinski definition) is 2. The molecule has 2 N–H and O–H groups in total. The van der Waals surface area contributed by atoms with Crippen molar-refractivity contribution in [3.05, 3.63) is 34.9 Å². The van der Waals surface area contributed by atoms with Crippen LogP contribution in [0.5, 0.6) is 0 Å². The number of rotatable bonds is 3. The predicted molar refractivity (Wildman–Crippen MR) is 105 cm³/mol. The van der Waals surface area contributed by atoms with E-state index in [9.17, 15) is 0 Å². The van der Waals surface area contributed by atoms with Crippen molar-refractivity contribution in [3.63, 3.8) is 0 Å². The Morgan fingerprint density at radius 1 is 1.04 bits per heavy atom. The van der Waals surface area contributed by atoms with Gasteiger partial charge in [0.15, 0.2) is 0 Å². The number of benzene rings is 1. The first-order chi connectivity index (χ1) is 12.8. The fraction of sp³-hybridized carbons (Fsp3) is 0.600. The molecule has 0 spiro atoms. The molecule has 2 saturated heterocycles. The highest BCUT2D eigenvalue weighted by molar-refractivity contribution is 6.30. The fourth-order valence-corrected chi connectivity index (χ4v) is 3.97. The molecule has 2 heterocycles. The first-order valence-electron chi connectivity index (χ1n) is 9.52. The lowest BCUT2D eigenvalue weighted by Gasteiger charge is -2.41. The summed E-state index contributed by atoms with van der Waals surface area (Å²) >= 11 is 5.95. The molecule has 1 unspecified atom stereocenters. The summed E-state index contributed by atoms with van der Waals surface area (Å²) in [5.41, 5.74) is 1.38. The van der Waals surface area contributed by atoms with Gasteiger partial charge >= 0.3 is 11.9 Å². The fourth-order valence-electron chi connectivity index (χ4n) is 3.85. The van der Waals surface area contributed by atoms with Gasteiger partial charge in [0.05, 0.1) is 0 Å². The quantitative estimate of drug-likeness (QED) is 0.763. The molecule has 1 atom stereocenters. The Morgan fingerprint density at radius 2 is 1.63 bits per heavy atom. The Morgan fingerprint density at radius 3 is 2.15 bits per heavy atom. The van der Waals surface area contributed by atoms with Crippen molar-refractivity contribution in [2.75, 3.05) is 26.2 Å². The molecule has 27 heavy (non-hydrogen) atoms. The van der Waals surface area contributed by atoms with Crippen LogP contribution in [0.2, 0.25) is 5.02 Å². The van der Waals surface area contributed by atoms with Gasteiger partial charge in [-0.05, 0) is 68.9 Å². The normalized spacial score (nSPS) is 21.9. The molecule has 0 amide bonds. The van der Waals surface area contributed by atoms with Crippen LogP contribution in [0.15, 0.2) is 24.3 Å². The van der Waals surface area contributed by atoms with Crippen LogP contribution in [0.4, 0.5) is 0 Å². The van der Waals surface area contributed by atoms with Crippen LogP contribution in [0, 0.1) is 5.92 Å². The maximum absolute atomic E-state index is 9.10. The molecule has 0 saturated carbocycles. The van der Waals surface area contributed by atoms with Gasteiger partial charge in [-0.2, -0.15) is 0 Å². The summed E-state index contributed by atoms with van der Waals surface area (Å²) in [4.78, 5) is 23.5. The van der Waals surface area contributed by atoms with E-state index in [1.165, 1.54) is 57.4 Å².